The number of hydrogen-bond donors (Lipinski definition) is 0. The summed E-state index contributed by atoms with van der Waals surface area (Å²) in [5, 5.41) is 9.40. The molecule has 4 rings (SSSR count). The highest BCUT2D eigenvalue weighted by Gasteiger charge is 2.39. The molecule has 2 aliphatic rings. The molecule has 0 aliphatic carbocycles. The van der Waals surface area contributed by atoms with Crippen molar-refractivity contribution in [2.24, 2.45) is 5.10 Å². The molecule has 3 heterocycles. The summed E-state index contributed by atoms with van der Waals surface area (Å²) in [4.78, 5) is 14.7. The molecule has 1 amide bonds. The molecule has 28 heavy (non-hydrogen) atoms. The molecule has 148 valence electrons. The number of anilines is 1. The molecule has 1 saturated heterocycles. The number of carbonyl (C=O) groups is 1. The largest absolute Gasteiger partial charge is 0.361 e. The van der Waals surface area contributed by atoms with E-state index in [1.165, 1.54) is 6.07 Å². The Bertz CT molecular complexity index is 1030. The monoisotopic (exact) mass is 402 g/mol. The number of piperidine rings is 1. The lowest BCUT2D eigenvalue weighted by Crippen LogP contribution is -2.45. The van der Waals surface area contributed by atoms with Gasteiger partial charge in [-0.1, -0.05) is 17.3 Å². The average molecular weight is 402 g/mol. The number of carbonyl (C=O) groups excluding carboxylic acids is 1. The van der Waals surface area contributed by atoms with Crippen LogP contribution in [0.5, 0.6) is 0 Å². The third kappa shape index (κ3) is 3.09. The third-order valence-electron chi connectivity index (χ3n) is 5.21. The zero-order chi connectivity index (χ0) is 19.9. The Hall–Kier alpha value is -2.68. The Morgan fingerprint density at radius 2 is 1.86 bits per heavy atom. The fourth-order valence-electron chi connectivity index (χ4n) is 3.61. The van der Waals surface area contributed by atoms with E-state index in [2.05, 4.69) is 10.3 Å². The Kier molecular flexibility index (Phi) is 4.70. The summed E-state index contributed by atoms with van der Waals surface area (Å²) in [6.45, 7) is 5.00. The Balaban J connectivity index is 1.78. The second-order valence-corrected chi connectivity index (χ2v) is 8.92. The zero-order valence-electron chi connectivity index (χ0n) is 15.9. The van der Waals surface area contributed by atoms with E-state index in [-0.39, 0.29) is 11.4 Å². The molecule has 0 bridgehead atoms. The number of fused-ring (bicyclic) bond motifs is 1. The number of amides is 1. The predicted molar refractivity (Wildman–Crippen MR) is 104 cm³/mol. The SMILES string of the molecule is Cc1noc(C)c1CN1N=C(C(=O)N2CCCCC2)S(=O)(=O)c2ccccc21. The molecule has 0 radical (unpaired) electrons. The summed E-state index contributed by atoms with van der Waals surface area (Å²) in [5.74, 6) is 0.112. The number of aromatic nitrogens is 1. The van der Waals surface area contributed by atoms with E-state index in [1.54, 1.807) is 35.0 Å². The van der Waals surface area contributed by atoms with Gasteiger partial charge in [0.2, 0.25) is 14.9 Å². The van der Waals surface area contributed by atoms with Gasteiger partial charge in [0.25, 0.3) is 5.91 Å². The van der Waals surface area contributed by atoms with E-state index in [1.807, 2.05) is 6.92 Å². The summed E-state index contributed by atoms with van der Waals surface area (Å²) in [5.41, 5.74) is 1.97. The van der Waals surface area contributed by atoms with Gasteiger partial charge in [-0.25, -0.2) is 8.42 Å². The molecule has 0 N–H and O–H groups in total. The fourth-order valence-corrected chi connectivity index (χ4v) is 5.09. The first-order valence-corrected chi connectivity index (χ1v) is 10.8. The molecule has 0 spiro atoms. The second kappa shape index (κ2) is 7.05. The lowest BCUT2D eigenvalue weighted by Gasteiger charge is -2.31. The number of hydrazone groups is 1. The second-order valence-electron chi connectivity index (χ2n) is 7.09. The van der Waals surface area contributed by atoms with Crippen molar-refractivity contribution in [1.29, 1.82) is 0 Å². The molecular weight excluding hydrogens is 380 g/mol. The molecule has 1 aromatic carbocycles. The highest BCUT2D eigenvalue weighted by Crippen LogP contribution is 2.34. The molecule has 2 aromatic rings. The maximum atomic E-state index is 13.1. The standard InChI is InChI=1S/C19H22N4O4S/c1-13-15(14(2)27-21-13)12-23-16-8-4-5-9-17(16)28(25,26)18(20-23)19(24)22-10-6-3-7-11-22/h4-5,8-9H,3,6-7,10-12H2,1-2H3. The number of benzene rings is 1. The van der Waals surface area contributed by atoms with Gasteiger partial charge in [-0.2, -0.15) is 5.10 Å². The number of rotatable bonds is 3. The van der Waals surface area contributed by atoms with Gasteiger partial charge in [-0.15, -0.1) is 0 Å². The highest BCUT2D eigenvalue weighted by atomic mass is 32.2. The van der Waals surface area contributed by atoms with Crippen LogP contribution in [0, 0.1) is 13.8 Å². The molecule has 0 unspecified atom stereocenters. The molecule has 1 aromatic heterocycles. The molecular formula is C19H22N4O4S. The third-order valence-corrected chi connectivity index (χ3v) is 6.90. The van der Waals surface area contributed by atoms with Crippen molar-refractivity contribution in [3.63, 3.8) is 0 Å². The lowest BCUT2D eigenvalue weighted by molar-refractivity contribution is -0.124. The number of aryl methyl sites for hydroxylation is 2. The van der Waals surface area contributed by atoms with E-state index in [4.69, 9.17) is 4.52 Å². The first kappa shape index (κ1) is 18.7. The summed E-state index contributed by atoms with van der Waals surface area (Å²) >= 11 is 0. The van der Waals surface area contributed by atoms with E-state index in [9.17, 15) is 13.2 Å². The minimum absolute atomic E-state index is 0.0946. The molecule has 0 saturated carbocycles. The molecule has 0 atom stereocenters. The minimum atomic E-state index is -3.99. The zero-order valence-corrected chi connectivity index (χ0v) is 16.7. The topological polar surface area (TPSA) is 96.1 Å². The van der Waals surface area contributed by atoms with Crippen LogP contribution in [0.2, 0.25) is 0 Å². The van der Waals surface area contributed by atoms with Crippen LogP contribution in [0.1, 0.15) is 36.3 Å². The maximum absolute atomic E-state index is 13.1. The quantitative estimate of drug-likeness (QED) is 0.782. The van der Waals surface area contributed by atoms with E-state index in [0.717, 1.165) is 24.8 Å². The maximum Gasteiger partial charge on any atom is 0.286 e. The van der Waals surface area contributed by atoms with Crippen LogP contribution >= 0.6 is 0 Å². The van der Waals surface area contributed by atoms with Crippen molar-refractivity contribution in [1.82, 2.24) is 10.1 Å². The number of likely N-dealkylation sites (tertiary alicyclic amines) is 1. The normalized spacial score (nSPS) is 18.6. The van der Waals surface area contributed by atoms with Gasteiger partial charge in [-0.05, 0) is 45.2 Å². The van der Waals surface area contributed by atoms with Crippen molar-refractivity contribution in [2.45, 2.75) is 44.6 Å². The summed E-state index contributed by atoms with van der Waals surface area (Å²) in [6.07, 6.45) is 2.79. The number of nitrogens with zero attached hydrogens (tertiary/aromatic N) is 4. The summed E-state index contributed by atoms with van der Waals surface area (Å²) in [7, 11) is -3.99. The number of hydrogen-bond acceptors (Lipinski definition) is 7. The highest BCUT2D eigenvalue weighted by molar-refractivity contribution is 8.08. The molecule has 8 nitrogen and oxygen atoms in total. The van der Waals surface area contributed by atoms with Crippen LogP contribution in [0.4, 0.5) is 5.69 Å². The van der Waals surface area contributed by atoms with E-state index < -0.39 is 20.8 Å². The van der Waals surface area contributed by atoms with Gasteiger partial charge in [0, 0.05) is 18.7 Å². The Morgan fingerprint density at radius 1 is 1.14 bits per heavy atom. The Morgan fingerprint density at radius 3 is 2.54 bits per heavy atom. The number of para-hydroxylation sites is 1. The predicted octanol–water partition coefficient (Wildman–Crippen LogP) is 2.41. The van der Waals surface area contributed by atoms with Gasteiger partial charge in [0.1, 0.15) is 5.76 Å². The van der Waals surface area contributed by atoms with Gasteiger partial charge < -0.3 is 9.42 Å². The van der Waals surface area contributed by atoms with Gasteiger partial charge in [0.05, 0.1) is 22.8 Å². The van der Waals surface area contributed by atoms with Crippen LogP contribution in [-0.4, -0.2) is 42.5 Å². The summed E-state index contributed by atoms with van der Waals surface area (Å²) in [6, 6.07) is 6.61. The summed E-state index contributed by atoms with van der Waals surface area (Å²) < 4.78 is 31.5. The van der Waals surface area contributed by atoms with Crippen molar-refractivity contribution in [2.75, 3.05) is 18.1 Å². The van der Waals surface area contributed by atoms with Crippen molar-refractivity contribution in [3.05, 3.63) is 41.3 Å². The molecule has 1 fully saturated rings. The van der Waals surface area contributed by atoms with Crippen molar-refractivity contribution < 1.29 is 17.7 Å². The molecule has 2 aliphatic heterocycles. The molecule has 9 heteroatoms. The smallest absolute Gasteiger partial charge is 0.286 e. The van der Waals surface area contributed by atoms with Gasteiger partial charge in [0.15, 0.2) is 0 Å². The van der Waals surface area contributed by atoms with Crippen LogP contribution in [0.25, 0.3) is 0 Å². The van der Waals surface area contributed by atoms with Crippen LogP contribution in [0.15, 0.2) is 38.8 Å². The Labute approximate surface area is 163 Å². The average Bonchev–Trinajstić information content (AvgIpc) is 3.02. The lowest BCUT2D eigenvalue weighted by atomic mass is 10.1. The van der Waals surface area contributed by atoms with Crippen LogP contribution < -0.4 is 5.01 Å². The number of sulfone groups is 1. The van der Waals surface area contributed by atoms with Gasteiger partial charge in [-0.3, -0.25) is 9.80 Å². The van der Waals surface area contributed by atoms with Crippen molar-refractivity contribution >= 4 is 26.5 Å². The van der Waals surface area contributed by atoms with Crippen LogP contribution in [-0.2, 0) is 21.2 Å². The van der Waals surface area contributed by atoms with Gasteiger partial charge >= 0.3 is 0 Å². The van der Waals surface area contributed by atoms with E-state index >= 15 is 0 Å². The first-order chi connectivity index (χ1) is 13.4. The van der Waals surface area contributed by atoms with E-state index in [0.29, 0.717) is 30.2 Å². The minimum Gasteiger partial charge on any atom is -0.361 e. The van der Waals surface area contributed by atoms with Crippen molar-refractivity contribution in [3.8, 4) is 0 Å². The fraction of sp³-hybridized carbons (Fsp3) is 0.421. The first-order valence-electron chi connectivity index (χ1n) is 9.31. The van der Waals surface area contributed by atoms with Crippen LogP contribution in [0.3, 0.4) is 0 Å².